The smallest absolute Gasteiger partial charge is 0.0558 e. The fourth-order valence-corrected chi connectivity index (χ4v) is 2.75. The maximum atomic E-state index is 9.13. The Morgan fingerprint density at radius 3 is 2.38 bits per heavy atom. The van der Waals surface area contributed by atoms with Gasteiger partial charge in [-0.2, -0.15) is 0 Å². The normalized spacial score (nSPS) is 18.6. The van der Waals surface area contributed by atoms with Gasteiger partial charge in [0.15, 0.2) is 0 Å². The Kier molecular flexibility index (Phi) is 7.06. The fraction of sp³-hybridized carbons (Fsp3) is 1.00. The molecule has 96 valence electrons. The second kappa shape index (κ2) is 8.08. The largest absolute Gasteiger partial charge is 0.395 e. The van der Waals surface area contributed by atoms with Gasteiger partial charge in [0, 0.05) is 12.6 Å². The van der Waals surface area contributed by atoms with Gasteiger partial charge in [0.2, 0.25) is 0 Å². The van der Waals surface area contributed by atoms with E-state index in [2.05, 4.69) is 18.7 Å². The molecule has 1 saturated carbocycles. The molecule has 1 rings (SSSR count). The predicted molar refractivity (Wildman–Crippen MR) is 69.6 cm³/mol. The minimum absolute atomic E-state index is 0.318. The molecule has 16 heavy (non-hydrogen) atoms. The molecule has 0 aromatic carbocycles. The van der Waals surface area contributed by atoms with Gasteiger partial charge in [-0.25, -0.2) is 0 Å². The molecule has 2 heteroatoms. The van der Waals surface area contributed by atoms with E-state index in [9.17, 15) is 0 Å². The molecule has 1 aliphatic carbocycles. The number of aliphatic hydroxyl groups is 1. The van der Waals surface area contributed by atoms with Gasteiger partial charge in [-0.15, -0.1) is 0 Å². The zero-order valence-corrected chi connectivity index (χ0v) is 11.1. The van der Waals surface area contributed by atoms with Crippen molar-refractivity contribution in [1.82, 2.24) is 4.90 Å². The maximum Gasteiger partial charge on any atom is 0.0558 e. The molecule has 0 atom stereocenters. The first-order valence-corrected chi connectivity index (χ1v) is 7.09. The number of aliphatic hydroxyl groups excluding tert-OH is 1. The van der Waals surface area contributed by atoms with Gasteiger partial charge in [-0.05, 0) is 38.1 Å². The summed E-state index contributed by atoms with van der Waals surface area (Å²) in [5.41, 5.74) is 0. The highest BCUT2D eigenvalue weighted by molar-refractivity contribution is 4.75. The molecule has 0 aromatic rings. The molecule has 1 aliphatic rings. The molecule has 1 fully saturated rings. The summed E-state index contributed by atoms with van der Waals surface area (Å²) in [5.74, 6) is 0.808. The summed E-state index contributed by atoms with van der Waals surface area (Å²) in [6, 6.07) is 0.757. The van der Waals surface area contributed by atoms with Gasteiger partial charge < -0.3 is 5.11 Å². The lowest BCUT2D eigenvalue weighted by atomic mass is 9.94. The average molecular weight is 227 g/mol. The molecule has 1 N–H and O–H groups in total. The van der Waals surface area contributed by atoms with Crippen LogP contribution in [0.4, 0.5) is 0 Å². The van der Waals surface area contributed by atoms with Gasteiger partial charge in [0.1, 0.15) is 0 Å². The lowest BCUT2D eigenvalue weighted by molar-refractivity contribution is 0.121. The standard InChI is InChI=1S/C14H29NO/c1-13(2)7-6-10-15(11-12-16)14-8-4-3-5-9-14/h13-14,16H,3-12H2,1-2H3. The minimum atomic E-state index is 0.318. The Balaban J connectivity index is 2.27. The van der Waals surface area contributed by atoms with E-state index in [1.807, 2.05) is 0 Å². The summed E-state index contributed by atoms with van der Waals surface area (Å²) in [6.07, 6.45) is 9.48. The van der Waals surface area contributed by atoms with E-state index < -0.39 is 0 Å². The van der Waals surface area contributed by atoms with E-state index in [1.54, 1.807) is 0 Å². The van der Waals surface area contributed by atoms with E-state index in [-0.39, 0.29) is 0 Å². The van der Waals surface area contributed by atoms with Crippen LogP contribution in [0.15, 0.2) is 0 Å². The quantitative estimate of drug-likeness (QED) is 0.722. The van der Waals surface area contributed by atoms with E-state index in [1.165, 1.54) is 51.5 Å². The molecular formula is C14H29NO. The van der Waals surface area contributed by atoms with Crippen LogP contribution in [0, 0.1) is 5.92 Å². The lowest BCUT2D eigenvalue weighted by Crippen LogP contribution is -2.39. The fourth-order valence-electron chi connectivity index (χ4n) is 2.75. The molecule has 0 heterocycles. The van der Waals surface area contributed by atoms with Crippen LogP contribution in [0.3, 0.4) is 0 Å². The second-order valence-corrected chi connectivity index (χ2v) is 5.59. The van der Waals surface area contributed by atoms with Gasteiger partial charge in [0.25, 0.3) is 0 Å². The zero-order chi connectivity index (χ0) is 11.8. The summed E-state index contributed by atoms with van der Waals surface area (Å²) in [7, 11) is 0. The maximum absolute atomic E-state index is 9.13. The first-order chi connectivity index (χ1) is 7.74. The van der Waals surface area contributed by atoms with Crippen molar-refractivity contribution in [2.24, 2.45) is 5.92 Å². The highest BCUT2D eigenvalue weighted by Gasteiger charge is 2.20. The molecular weight excluding hydrogens is 198 g/mol. The molecule has 0 unspecified atom stereocenters. The average Bonchev–Trinajstić information content (AvgIpc) is 2.29. The van der Waals surface area contributed by atoms with Crippen LogP contribution in [-0.4, -0.2) is 35.7 Å². The molecule has 0 radical (unpaired) electrons. The third-order valence-electron chi connectivity index (χ3n) is 3.71. The van der Waals surface area contributed by atoms with Gasteiger partial charge in [-0.1, -0.05) is 33.1 Å². The van der Waals surface area contributed by atoms with Crippen molar-refractivity contribution < 1.29 is 5.11 Å². The highest BCUT2D eigenvalue weighted by Crippen LogP contribution is 2.22. The number of hydrogen-bond donors (Lipinski definition) is 1. The van der Waals surface area contributed by atoms with Crippen LogP contribution in [0.5, 0.6) is 0 Å². The predicted octanol–water partition coefficient (Wildman–Crippen LogP) is 3.05. The lowest BCUT2D eigenvalue weighted by Gasteiger charge is -2.34. The topological polar surface area (TPSA) is 23.5 Å². The van der Waals surface area contributed by atoms with Crippen LogP contribution in [0.1, 0.15) is 58.8 Å². The second-order valence-electron chi connectivity index (χ2n) is 5.59. The van der Waals surface area contributed by atoms with E-state index in [0.717, 1.165) is 18.5 Å². The summed E-state index contributed by atoms with van der Waals surface area (Å²) in [6.45, 7) is 6.96. The molecule has 0 bridgehead atoms. The summed E-state index contributed by atoms with van der Waals surface area (Å²) in [5, 5.41) is 9.13. The third kappa shape index (κ3) is 5.31. The van der Waals surface area contributed by atoms with E-state index >= 15 is 0 Å². The molecule has 2 nitrogen and oxygen atoms in total. The Labute approximate surface area is 101 Å². The van der Waals surface area contributed by atoms with Crippen molar-refractivity contribution in [3.8, 4) is 0 Å². The molecule has 0 aromatic heterocycles. The Morgan fingerprint density at radius 1 is 1.12 bits per heavy atom. The van der Waals surface area contributed by atoms with Crippen molar-refractivity contribution in [2.75, 3.05) is 19.7 Å². The van der Waals surface area contributed by atoms with Crippen molar-refractivity contribution >= 4 is 0 Å². The Bertz CT molecular complexity index is 164. The molecule has 0 spiro atoms. The molecule has 0 amide bonds. The van der Waals surface area contributed by atoms with Crippen LogP contribution in [0.25, 0.3) is 0 Å². The molecule has 0 aliphatic heterocycles. The van der Waals surface area contributed by atoms with Crippen molar-refractivity contribution in [3.63, 3.8) is 0 Å². The Hall–Kier alpha value is -0.0800. The van der Waals surface area contributed by atoms with E-state index in [0.29, 0.717) is 6.61 Å². The zero-order valence-electron chi connectivity index (χ0n) is 11.1. The van der Waals surface area contributed by atoms with Crippen molar-refractivity contribution in [3.05, 3.63) is 0 Å². The number of rotatable bonds is 7. The SMILES string of the molecule is CC(C)CCCN(CCO)C1CCCCC1. The first-order valence-electron chi connectivity index (χ1n) is 7.09. The van der Waals surface area contributed by atoms with Crippen molar-refractivity contribution in [2.45, 2.75) is 64.8 Å². The molecule has 0 saturated heterocycles. The van der Waals surface area contributed by atoms with E-state index in [4.69, 9.17) is 5.11 Å². The van der Waals surface area contributed by atoms with Gasteiger partial charge >= 0.3 is 0 Å². The van der Waals surface area contributed by atoms with Gasteiger partial charge in [-0.3, -0.25) is 4.90 Å². The summed E-state index contributed by atoms with van der Waals surface area (Å²) in [4.78, 5) is 2.53. The minimum Gasteiger partial charge on any atom is -0.395 e. The summed E-state index contributed by atoms with van der Waals surface area (Å²) >= 11 is 0. The van der Waals surface area contributed by atoms with Crippen LogP contribution < -0.4 is 0 Å². The van der Waals surface area contributed by atoms with Crippen LogP contribution in [0.2, 0.25) is 0 Å². The first kappa shape index (κ1) is 14.0. The summed E-state index contributed by atoms with van der Waals surface area (Å²) < 4.78 is 0. The van der Waals surface area contributed by atoms with Gasteiger partial charge in [0.05, 0.1) is 6.61 Å². The monoisotopic (exact) mass is 227 g/mol. The Morgan fingerprint density at radius 2 is 1.81 bits per heavy atom. The number of hydrogen-bond acceptors (Lipinski definition) is 2. The van der Waals surface area contributed by atoms with Crippen LogP contribution in [-0.2, 0) is 0 Å². The van der Waals surface area contributed by atoms with Crippen molar-refractivity contribution in [1.29, 1.82) is 0 Å². The highest BCUT2D eigenvalue weighted by atomic mass is 16.3. The number of nitrogens with zero attached hydrogens (tertiary/aromatic N) is 1. The van der Waals surface area contributed by atoms with Crippen LogP contribution >= 0.6 is 0 Å². The third-order valence-corrected chi connectivity index (χ3v) is 3.71.